The lowest BCUT2D eigenvalue weighted by Crippen LogP contribution is -2.57. The van der Waals surface area contributed by atoms with Crippen molar-refractivity contribution in [1.29, 1.82) is 0 Å². The number of carbonyl (C=O) groups excluding carboxylic acids is 3. The van der Waals surface area contributed by atoms with Crippen LogP contribution < -0.4 is 20.1 Å². The Morgan fingerprint density at radius 1 is 1.02 bits per heavy atom. The standard InChI is InChI=1S/C37H40F3N5O6S/c38-37(39,40)24-11-8-12-26(19-24)42-30-14-5-3-1-2-4-10-25-21-36(25,35(48)44-52(49,50)28-15-16-28)43-32(46)31-20-27(22-45(31)34(30)47)51-33-29-13-7-6-9-23(29)17-18-41-33/h4,6-13,17-19,25,27-28,30-31,42H,1-3,5,14-16,20-22H2,(H,43,46)(H,44,48)/t25-,27-,30+,31+,36-/m1/s1. The van der Waals surface area contributed by atoms with Gasteiger partial charge in [0.15, 0.2) is 0 Å². The number of sulfonamides is 1. The van der Waals surface area contributed by atoms with Crippen molar-refractivity contribution in [2.75, 3.05) is 11.9 Å². The van der Waals surface area contributed by atoms with E-state index < -0.39 is 74.4 Å². The van der Waals surface area contributed by atoms with E-state index in [-0.39, 0.29) is 31.5 Å². The Hall–Kier alpha value is -4.66. The van der Waals surface area contributed by atoms with Gasteiger partial charge in [-0.05, 0) is 74.2 Å². The first-order chi connectivity index (χ1) is 24.8. The van der Waals surface area contributed by atoms with E-state index in [0.29, 0.717) is 38.0 Å². The van der Waals surface area contributed by atoms with Crippen LogP contribution in [-0.4, -0.2) is 71.5 Å². The number of aromatic nitrogens is 1. The van der Waals surface area contributed by atoms with Crippen LogP contribution in [0.3, 0.4) is 0 Å². The third-order valence-electron chi connectivity index (χ3n) is 10.3. The SMILES string of the molecule is O=C1N[C@]2(C(=O)NS(=O)(=O)C3CC3)C[C@H]2C=CCCCCC[C@H](Nc2cccc(C(F)(F)F)c2)C(=O)N2C[C@H](Oc3nccc4ccccc34)C[C@@H]12. The highest BCUT2D eigenvalue weighted by Gasteiger charge is 2.62. The normalized spacial score (nSPS) is 27.1. The lowest BCUT2D eigenvalue weighted by atomic mass is 10.0. The molecule has 0 bridgehead atoms. The molecule has 3 fully saturated rings. The first-order valence-electron chi connectivity index (χ1n) is 17.6. The van der Waals surface area contributed by atoms with E-state index in [1.54, 1.807) is 6.20 Å². The molecule has 0 unspecified atom stereocenters. The lowest BCUT2D eigenvalue weighted by molar-refractivity contribution is -0.140. The van der Waals surface area contributed by atoms with Crippen LogP contribution in [0.25, 0.3) is 10.8 Å². The second-order valence-electron chi connectivity index (χ2n) is 14.1. The number of ether oxygens (including phenoxy) is 1. The first-order valence-corrected chi connectivity index (χ1v) is 19.2. The van der Waals surface area contributed by atoms with Crippen LogP contribution in [0.4, 0.5) is 18.9 Å². The van der Waals surface area contributed by atoms with Gasteiger partial charge in [-0.15, -0.1) is 0 Å². The van der Waals surface area contributed by atoms with Crippen molar-refractivity contribution >= 4 is 44.2 Å². The zero-order chi connectivity index (χ0) is 36.7. The molecule has 1 aromatic heterocycles. The number of carbonyl (C=O) groups is 3. The summed E-state index contributed by atoms with van der Waals surface area (Å²) in [5.74, 6) is -2.13. The number of fused-ring (bicyclic) bond motifs is 3. The minimum absolute atomic E-state index is 0.0251. The predicted octanol–water partition coefficient (Wildman–Crippen LogP) is 5.09. The quantitative estimate of drug-likeness (QED) is 0.285. The number of alkyl halides is 3. The number of allylic oxidation sites excluding steroid dienone is 1. The monoisotopic (exact) mass is 739 g/mol. The third-order valence-corrected chi connectivity index (χ3v) is 12.1. The molecule has 276 valence electrons. The van der Waals surface area contributed by atoms with Crippen LogP contribution >= 0.6 is 0 Å². The van der Waals surface area contributed by atoms with Crippen LogP contribution in [-0.2, 0) is 30.6 Å². The second kappa shape index (κ2) is 14.1. The molecule has 0 radical (unpaired) electrons. The van der Waals surface area contributed by atoms with Gasteiger partial charge in [0.25, 0.3) is 5.91 Å². The van der Waals surface area contributed by atoms with E-state index in [4.69, 9.17) is 4.74 Å². The highest BCUT2D eigenvalue weighted by molar-refractivity contribution is 7.91. The number of anilines is 1. The van der Waals surface area contributed by atoms with Gasteiger partial charge < -0.3 is 20.3 Å². The molecule has 2 aromatic carbocycles. The summed E-state index contributed by atoms with van der Waals surface area (Å²) < 4.78 is 74.9. The van der Waals surface area contributed by atoms with Crippen LogP contribution in [0.1, 0.15) is 63.4 Å². The fraction of sp³-hybridized carbons (Fsp3) is 0.459. The Kier molecular flexibility index (Phi) is 9.65. The Labute approximate surface area is 299 Å². The Morgan fingerprint density at radius 2 is 1.83 bits per heavy atom. The zero-order valence-electron chi connectivity index (χ0n) is 28.3. The van der Waals surface area contributed by atoms with Gasteiger partial charge in [0.05, 0.1) is 17.4 Å². The number of benzene rings is 2. The topological polar surface area (TPSA) is 147 Å². The average molecular weight is 740 g/mol. The maximum absolute atomic E-state index is 14.5. The second-order valence-corrected chi connectivity index (χ2v) is 16.1. The van der Waals surface area contributed by atoms with Crippen LogP contribution in [0.15, 0.2) is 72.9 Å². The molecule has 3 amide bonds. The maximum Gasteiger partial charge on any atom is 0.416 e. The molecule has 2 aliphatic heterocycles. The van der Waals surface area contributed by atoms with Crippen LogP contribution in [0, 0.1) is 5.92 Å². The van der Waals surface area contributed by atoms with E-state index in [1.807, 2.05) is 42.5 Å². The van der Waals surface area contributed by atoms with Gasteiger partial charge in [-0.3, -0.25) is 19.1 Å². The predicted molar refractivity (Wildman–Crippen MR) is 186 cm³/mol. The summed E-state index contributed by atoms with van der Waals surface area (Å²) in [6.45, 7) is -0.0405. The Balaban J connectivity index is 1.20. The molecule has 3 N–H and O–H groups in total. The van der Waals surface area contributed by atoms with E-state index >= 15 is 0 Å². The highest BCUT2D eigenvalue weighted by atomic mass is 32.2. The van der Waals surface area contributed by atoms with E-state index in [1.165, 1.54) is 17.0 Å². The molecule has 3 heterocycles. The summed E-state index contributed by atoms with van der Waals surface area (Å²) in [5, 5.41) is 6.81. The number of hydrogen-bond donors (Lipinski definition) is 3. The number of nitrogens with zero attached hydrogens (tertiary/aromatic N) is 2. The van der Waals surface area contributed by atoms with Gasteiger partial charge in [-0.1, -0.05) is 49.3 Å². The van der Waals surface area contributed by atoms with Gasteiger partial charge in [0, 0.05) is 29.6 Å². The lowest BCUT2D eigenvalue weighted by Gasteiger charge is -2.30. The van der Waals surface area contributed by atoms with Gasteiger partial charge in [-0.2, -0.15) is 13.2 Å². The molecule has 0 spiro atoms. The van der Waals surface area contributed by atoms with Gasteiger partial charge in [0.1, 0.15) is 23.7 Å². The Morgan fingerprint density at radius 3 is 2.62 bits per heavy atom. The smallest absolute Gasteiger partial charge is 0.416 e. The van der Waals surface area contributed by atoms with Crippen LogP contribution in [0.2, 0.25) is 0 Å². The number of nitrogens with one attached hydrogen (secondary N) is 3. The summed E-state index contributed by atoms with van der Waals surface area (Å²) >= 11 is 0. The number of rotatable bonds is 7. The summed E-state index contributed by atoms with van der Waals surface area (Å²) in [6, 6.07) is 11.8. The van der Waals surface area contributed by atoms with E-state index in [0.717, 1.165) is 29.3 Å². The van der Waals surface area contributed by atoms with Crippen molar-refractivity contribution in [3.8, 4) is 5.88 Å². The summed E-state index contributed by atoms with van der Waals surface area (Å²) in [7, 11) is -3.91. The van der Waals surface area contributed by atoms with Crippen molar-refractivity contribution < 1.29 is 40.7 Å². The zero-order valence-corrected chi connectivity index (χ0v) is 29.1. The number of halogens is 3. The molecule has 7 rings (SSSR count). The molecule has 11 nitrogen and oxygen atoms in total. The molecule has 1 saturated heterocycles. The highest BCUT2D eigenvalue weighted by Crippen LogP contribution is 2.46. The van der Waals surface area contributed by atoms with Crippen molar-refractivity contribution in [3.05, 3.63) is 78.5 Å². The first kappa shape index (κ1) is 35.7. The van der Waals surface area contributed by atoms with Gasteiger partial charge in [0.2, 0.25) is 27.7 Å². The fourth-order valence-electron chi connectivity index (χ4n) is 7.18. The molecule has 52 heavy (non-hydrogen) atoms. The van der Waals surface area contributed by atoms with Crippen molar-refractivity contribution in [2.45, 2.75) is 92.9 Å². The van der Waals surface area contributed by atoms with Gasteiger partial charge in [-0.25, -0.2) is 13.4 Å². The van der Waals surface area contributed by atoms with Crippen molar-refractivity contribution in [2.24, 2.45) is 5.92 Å². The summed E-state index contributed by atoms with van der Waals surface area (Å²) in [5.41, 5.74) is -2.29. The van der Waals surface area contributed by atoms with Gasteiger partial charge >= 0.3 is 6.18 Å². The maximum atomic E-state index is 14.5. The largest absolute Gasteiger partial charge is 0.472 e. The molecule has 5 atom stereocenters. The molecule has 2 saturated carbocycles. The summed E-state index contributed by atoms with van der Waals surface area (Å²) in [4.78, 5) is 48.2. The molecule has 4 aliphatic rings. The Bertz CT molecular complexity index is 2000. The molecular weight excluding hydrogens is 699 g/mol. The molecule has 15 heteroatoms. The van der Waals surface area contributed by atoms with E-state index in [9.17, 15) is 36.0 Å². The van der Waals surface area contributed by atoms with Crippen molar-refractivity contribution in [1.82, 2.24) is 19.9 Å². The summed E-state index contributed by atoms with van der Waals surface area (Å²) in [6.07, 6.45) is 4.13. The minimum Gasteiger partial charge on any atom is -0.472 e. The molecular formula is C37H40F3N5O6S. The molecule has 2 aliphatic carbocycles. The van der Waals surface area contributed by atoms with E-state index in [2.05, 4.69) is 20.3 Å². The van der Waals surface area contributed by atoms with Crippen molar-refractivity contribution in [3.63, 3.8) is 0 Å². The van der Waals surface area contributed by atoms with Crippen LogP contribution in [0.5, 0.6) is 5.88 Å². The minimum atomic E-state index is -4.59. The third kappa shape index (κ3) is 7.59. The molecule has 3 aromatic rings. The average Bonchev–Trinajstić information content (AvgIpc) is 4.04. The number of amides is 3. The fourth-order valence-corrected chi connectivity index (χ4v) is 8.54. The number of hydrogen-bond acceptors (Lipinski definition) is 8. The number of pyridine rings is 1.